The van der Waals surface area contributed by atoms with Crippen molar-refractivity contribution in [2.45, 2.75) is 91.2 Å². The zero-order chi connectivity index (χ0) is 26.5. The van der Waals surface area contributed by atoms with Crippen LogP contribution in [0, 0.1) is 0 Å². The van der Waals surface area contributed by atoms with Gasteiger partial charge in [-0.25, -0.2) is 0 Å². The second kappa shape index (κ2) is 10.3. The lowest BCUT2D eigenvalue weighted by molar-refractivity contribution is -0.474. The summed E-state index contributed by atoms with van der Waals surface area (Å²) in [4.78, 5) is 0. The predicted octanol–water partition coefficient (Wildman–Crippen LogP) is -7.79. The van der Waals surface area contributed by atoms with Crippen LogP contribution in [0.4, 0.5) is 0 Å². The van der Waals surface area contributed by atoms with Gasteiger partial charge in [-0.05, 0) is 6.92 Å². The first-order valence-corrected chi connectivity index (χ1v) is 10.9. The molecule has 0 spiro atoms. The van der Waals surface area contributed by atoms with Crippen molar-refractivity contribution in [3.8, 4) is 0 Å². The monoisotopic (exact) mass is 518 g/mol. The molecule has 3 fully saturated rings. The molecule has 0 aromatic rings. The van der Waals surface area contributed by atoms with Gasteiger partial charge in [-0.3, -0.25) is 0 Å². The van der Waals surface area contributed by atoms with Gasteiger partial charge >= 0.3 is 0 Å². The molecule has 3 saturated heterocycles. The van der Waals surface area contributed by atoms with Gasteiger partial charge in [0.2, 0.25) is 11.6 Å². The average Bonchev–Trinajstić information content (AvgIpc) is 3.24. The maximum absolute atomic E-state index is 11.1. The van der Waals surface area contributed by atoms with Crippen LogP contribution in [0.3, 0.4) is 0 Å². The maximum atomic E-state index is 11.1. The Balaban J connectivity index is 2.18. The lowest BCUT2D eigenvalue weighted by Gasteiger charge is -2.57. The highest BCUT2D eigenvalue weighted by atomic mass is 16.8. The summed E-state index contributed by atoms with van der Waals surface area (Å²) in [6.07, 6.45) is -21.3. The standard InChI is InChI=1S/C19H34O16/c1-17(14(29)12(28)13(34-17)6(24)2-20)19(16(31)11(27)9(25)7(3-21)33-19)35-18(5-23)15(30)10(26)8(4-22)32-18/h6-16,20-31H,2-5H2,1H3/t6?,7-,8-,9-,10-,11+,12?,13?,14?,15+,16-,17?,18?,19+/m1/s1. The summed E-state index contributed by atoms with van der Waals surface area (Å²) in [6, 6.07) is 0. The van der Waals surface area contributed by atoms with Crippen molar-refractivity contribution in [1.82, 2.24) is 0 Å². The third-order valence-electron chi connectivity index (χ3n) is 7.04. The highest BCUT2D eigenvalue weighted by Gasteiger charge is 2.74. The fourth-order valence-corrected chi connectivity index (χ4v) is 4.87. The van der Waals surface area contributed by atoms with Crippen molar-refractivity contribution in [3.05, 3.63) is 0 Å². The van der Waals surface area contributed by atoms with Crippen LogP contribution in [0.2, 0.25) is 0 Å². The van der Waals surface area contributed by atoms with Gasteiger partial charge in [0.05, 0.1) is 19.8 Å². The van der Waals surface area contributed by atoms with Crippen molar-refractivity contribution in [2.75, 3.05) is 26.4 Å². The Morgan fingerprint density at radius 2 is 1.29 bits per heavy atom. The largest absolute Gasteiger partial charge is 0.394 e. The molecule has 0 bridgehead atoms. The molecule has 0 radical (unpaired) electrons. The number of hydrogen-bond donors (Lipinski definition) is 12. The summed E-state index contributed by atoms with van der Waals surface area (Å²) < 4.78 is 22.3. The Bertz CT molecular complexity index is 727. The Labute approximate surface area is 198 Å². The van der Waals surface area contributed by atoms with Crippen LogP contribution in [0.15, 0.2) is 0 Å². The third-order valence-corrected chi connectivity index (χ3v) is 7.04. The fourth-order valence-electron chi connectivity index (χ4n) is 4.87. The van der Waals surface area contributed by atoms with Crippen LogP contribution in [-0.4, -0.2) is 172 Å². The van der Waals surface area contributed by atoms with Gasteiger partial charge < -0.3 is 80.2 Å². The second-order valence-corrected chi connectivity index (χ2v) is 9.15. The Kier molecular flexibility index (Phi) is 8.48. The summed E-state index contributed by atoms with van der Waals surface area (Å²) in [5, 5.41) is 123. The van der Waals surface area contributed by atoms with Gasteiger partial charge in [0.1, 0.15) is 73.8 Å². The second-order valence-electron chi connectivity index (χ2n) is 9.15. The minimum absolute atomic E-state index is 0.861. The molecule has 3 aliphatic rings. The first-order chi connectivity index (χ1) is 16.3. The van der Waals surface area contributed by atoms with Gasteiger partial charge in [0.15, 0.2) is 5.60 Å². The quantitative estimate of drug-likeness (QED) is 0.142. The summed E-state index contributed by atoms with van der Waals surface area (Å²) in [7, 11) is 0. The van der Waals surface area contributed by atoms with Crippen LogP contribution in [0.5, 0.6) is 0 Å². The highest BCUT2D eigenvalue weighted by Crippen LogP contribution is 2.51. The van der Waals surface area contributed by atoms with Gasteiger partial charge in [0.25, 0.3) is 0 Å². The first kappa shape index (κ1) is 28.9. The lowest BCUT2D eigenvalue weighted by Crippen LogP contribution is -2.78. The summed E-state index contributed by atoms with van der Waals surface area (Å²) in [5.74, 6) is -5.71. The van der Waals surface area contributed by atoms with Crippen molar-refractivity contribution in [2.24, 2.45) is 0 Å². The van der Waals surface area contributed by atoms with E-state index in [4.69, 9.17) is 18.9 Å². The van der Waals surface area contributed by atoms with Gasteiger partial charge in [-0.15, -0.1) is 0 Å². The summed E-state index contributed by atoms with van der Waals surface area (Å²) in [6.45, 7) is -3.07. The molecule has 16 heteroatoms. The fraction of sp³-hybridized carbons (Fsp3) is 1.00. The third kappa shape index (κ3) is 4.20. The molecular weight excluding hydrogens is 484 g/mol. The van der Waals surface area contributed by atoms with E-state index < -0.39 is 111 Å². The van der Waals surface area contributed by atoms with Crippen LogP contribution in [0.25, 0.3) is 0 Å². The predicted molar refractivity (Wildman–Crippen MR) is 106 cm³/mol. The van der Waals surface area contributed by atoms with Crippen LogP contribution in [-0.2, 0) is 18.9 Å². The van der Waals surface area contributed by atoms with E-state index in [9.17, 15) is 61.3 Å². The molecule has 0 amide bonds. The van der Waals surface area contributed by atoms with Crippen molar-refractivity contribution in [3.63, 3.8) is 0 Å². The minimum Gasteiger partial charge on any atom is -0.394 e. The van der Waals surface area contributed by atoms with Crippen molar-refractivity contribution >= 4 is 0 Å². The molecule has 206 valence electrons. The number of ether oxygens (including phenoxy) is 4. The molecule has 6 unspecified atom stereocenters. The molecule has 3 heterocycles. The molecule has 0 saturated carbocycles. The number of rotatable bonds is 8. The zero-order valence-electron chi connectivity index (χ0n) is 18.7. The average molecular weight is 518 g/mol. The van der Waals surface area contributed by atoms with Crippen LogP contribution >= 0.6 is 0 Å². The van der Waals surface area contributed by atoms with Crippen LogP contribution in [0.1, 0.15) is 6.92 Å². The van der Waals surface area contributed by atoms with E-state index in [1.165, 1.54) is 0 Å². The van der Waals surface area contributed by atoms with E-state index in [0.29, 0.717) is 0 Å². The van der Waals surface area contributed by atoms with E-state index in [-0.39, 0.29) is 0 Å². The Hall–Kier alpha value is -0.640. The number of aliphatic hydroxyl groups excluding tert-OH is 12. The van der Waals surface area contributed by atoms with Crippen molar-refractivity contribution in [1.29, 1.82) is 0 Å². The smallest absolute Gasteiger partial charge is 0.232 e. The lowest BCUT2D eigenvalue weighted by atomic mass is 9.78. The minimum atomic E-state index is -3.00. The summed E-state index contributed by atoms with van der Waals surface area (Å²) >= 11 is 0. The van der Waals surface area contributed by atoms with E-state index in [2.05, 4.69) is 0 Å². The molecule has 3 aliphatic heterocycles. The maximum Gasteiger partial charge on any atom is 0.232 e. The number of aliphatic hydroxyl groups is 12. The SMILES string of the molecule is CC1([C@]2(OC3(CO)O[C@H](CO)[C@@H](O)[C@@H]3O)O[C@H](CO)[C@@H](O)[C@H](O)[C@H]2O)OC(C(O)CO)C(O)C1O. The van der Waals surface area contributed by atoms with E-state index in [0.717, 1.165) is 6.92 Å². The molecule has 14 atom stereocenters. The summed E-state index contributed by atoms with van der Waals surface area (Å²) in [5.41, 5.74) is -2.53. The highest BCUT2D eigenvalue weighted by molar-refractivity contribution is 5.16. The topological polar surface area (TPSA) is 280 Å². The molecule has 0 aromatic heterocycles. The normalized spacial score (nSPS) is 53.7. The Morgan fingerprint density at radius 1 is 0.714 bits per heavy atom. The Morgan fingerprint density at radius 3 is 1.77 bits per heavy atom. The first-order valence-electron chi connectivity index (χ1n) is 10.9. The van der Waals surface area contributed by atoms with E-state index >= 15 is 0 Å². The van der Waals surface area contributed by atoms with Gasteiger partial charge in [-0.2, -0.15) is 0 Å². The van der Waals surface area contributed by atoms with E-state index in [1.54, 1.807) is 0 Å². The van der Waals surface area contributed by atoms with Gasteiger partial charge in [-0.1, -0.05) is 0 Å². The molecule has 12 N–H and O–H groups in total. The molecule has 16 nitrogen and oxygen atoms in total. The number of hydrogen-bond acceptors (Lipinski definition) is 16. The molecule has 0 aliphatic carbocycles. The zero-order valence-corrected chi connectivity index (χ0v) is 18.7. The van der Waals surface area contributed by atoms with Gasteiger partial charge in [0, 0.05) is 0 Å². The molecule has 3 rings (SSSR count). The molecule has 35 heavy (non-hydrogen) atoms. The molecular formula is C19H34O16. The molecule has 0 aromatic carbocycles. The van der Waals surface area contributed by atoms with E-state index in [1.807, 2.05) is 0 Å². The van der Waals surface area contributed by atoms with Crippen molar-refractivity contribution < 1.29 is 80.2 Å². The van der Waals surface area contributed by atoms with Crippen LogP contribution < -0.4 is 0 Å².